The average molecular weight is 190 g/mol. The van der Waals surface area contributed by atoms with Gasteiger partial charge in [0.1, 0.15) is 0 Å². The number of hydrogen-bond donors (Lipinski definition) is 0. The van der Waals surface area contributed by atoms with Crippen LogP contribution in [-0.2, 0) is 21.1 Å². The van der Waals surface area contributed by atoms with Crippen molar-refractivity contribution in [2.75, 3.05) is 0 Å². The van der Waals surface area contributed by atoms with E-state index in [1.54, 1.807) is 6.92 Å². The molecule has 44 valence electrons. The Bertz CT molecular complexity index is 60.9. The summed E-state index contributed by atoms with van der Waals surface area (Å²) >= 11 is 0. The molecule has 1 aromatic carbocycles. The first-order chi connectivity index (χ1) is 3.50. The van der Waals surface area contributed by atoms with Crippen LogP contribution in [0.5, 0.6) is 0 Å². The monoisotopic (exact) mass is 192 g/mol. The van der Waals surface area contributed by atoms with Crippen LogP contribution >= 0.6 is 0 Å². The first-order valence-corrected chi connectivity index (χ1v) is 2.37. The Balaban J connectivity index is 0. The zero-order valence-corrected chi connectivity index (χ0v) is 7.01. The van der Waals surface area contributed by atoms with Crippen LogP contribution in [0, 0.1) is 6.92 Å². The van der Waals surface area contributed by atoms with E-state index in [2.05, 4.69) is 6.92 Å². The minimum Gasteiger partial charge on any atom is -0.346 e. The van der Waals surface area contributed by atoms with E-state index in [1.165, 1.54) is 0 Å². The van der Waals surface area contributed by atoms with Crippen molar-refractivity contribution >= 4 is 0 Å². The van der Waals surface area contributed by atoms with Gasteiger partial charge in [0, 0.05) is 0 Å². The van der Waals surface area contributed by atoms with Crippen LogP contribution in [0.1, 0.15) is 6.92 Å². The van der Waals surface area contributed by atoms with Crippen LogP contribution in [0.15, 0.2) is 30.3 Å². The predicted octanol–water partition coefficient (Wildman–Crippen LogP) is 2.24. The molecule has 1 rings (SSSR count). The van der Waals surface area contributed by atoms with Crippen molar-refractivity contribution in [1.82, 2.24) is 0 Å². The van der Waals surface area contributed by atoms with Crippen LogP contribution in [0.4, 0.5) is 0 Å². The van der Waals surface area contributed by atoms with Crippen molar-refractivity contribution in [3.05, 3.63) is 37.3 Å². The van der Waals surface area contributed by atoms with E-state index in [1.807, 2.05) is 30.3 Å². The third kappa shape index (κ3) is 6.04. The van der Waals surface area contributed by atoms with Crippen LogP contribution in [0.2, 0.25) is 0 Å². The molecule has 1 aromatic rings. The summed E-state index contributed by atoms with van der Waals surface area (Å²) in [5.74, 6) is 0. The second-order valence-corrected chi connectivity index (χ2v) is 0.962. The van der Waals surface area contributed by atoms with Gasteiger partial charge in [0.25, 0.3) is 0 Å². The van der Waals surface area contributed by atoms with Gasteiger partial charge in [-0.1, -0.05) is 0 Å². The van der Waals surface area contributed by atoms with Gasteiger partial charge in [0.2, 0.25) is 0 Å². The van der Waals surface area contributed by atoms with Crippen molar-refractivity contribution in [3.8, 4) is 0 Å². The van der Waals surface area contributed by atoms with Gasteiger partial charge in [0.05, 0.1) is 0 Å². The molecular formula is C7H10Mo. The van der Waals surface area contributed by atoms with Crippen LogP contribution in [0.25, 0.3) is 0 Å². The zero-order chi connectivity index (χ0) is 5.54. The van der Waals surface area contributed by atoms with E-state index in [9.17, 15) is 0 Å². The summed E-state index contributed by atoms with van der Waals surface area (Å²) in [4.78, 5) is 0. The van der Waals surface area contributed by atoms with Gasteiger partial charge in [-0.2, -0.15) is 25.1 Å². The topological polar surface area (TPSA) is 0 Å². The molecule has 0 radical (unpaired) electrons. The molecule has 0 aliphatic carbocycles. The summed E-state index contributed by atoms with van der Waals surface area (Å²) < 4.78 is 0. The van der Waals surface area contributed by atoms with Gasteiger partial charge in [-0.05, 0) is 0 Å². The second kappa shape index (κ2) is 10.1. The van der Waals surface area contributed by atoms with Gasteiger partial charge in [-0.25, -0.2) is 12.1 Å². The Morgan fingerprint density at radius 2 is 1.50 bits per heavy atom. The van der Waals surface area contributed by atoms with E-state index in [0.717, 1.165) is 0 Å². The molecule has 0 saturated carbocycles. The third-order valence-electron chi connectivity index (χ3n) is 0.556. The molecule has 0 heterocycles. The van der Waals surface area contributed by atoms with Crippen molar-refractivity contribution in [1.29, 1.82) is 0 Å². The van der Waals surface area contributed by atoms with Gasteiger partial charge in [-0.15, -0.1) is 0 Å². The first kappa shape index (κ1) is 10.9. The second-order valence-electron chi connectivity index (χ2n) is 0.962. The molecule has 0 bridgehead atoms. The van der Waals surface area contributed by atoms with Gasteiger partial charge >= 0.3 is 21.1 Å². The number of rotatable bonds is 0. The summed E-state index contributed by atoms with van der Waals surface area (Å²) in [6, 6.07) is 10.0. The SMILES string of the molecule is [CH2-]C.[Mo+2].c1cc[cH-]c1. The Labute approximate surface area is 65.5 Å². The quantitative estimate of drug-likeness (QED) is 0.434. The molecule has 0 aliphatic heterocycles. The summed E-state index contributed by atoms with van der Waals surface area (Å²) in [6.45, 7) is 5.00. The summed E-state index contributed by atoms with van der Waals surface area (Å²) in [7, 11) is 0. The summed E-state index contributed by atoms with van der Waals surface area (Å²) in [5, 5.41) is 0. The molecule has 1 heteroatoms. The van der Waals surface area contributed by atoms with Crippen molar-refractivity contribution in [3.63, 3.8) is 0 Å². The Hall–Kier alpha value is 0.0383. The molecule has 0 aliphatic rings. The Kier molecular flexibility index (Phi) is 13.8. The fraction of sp³-hybridized carbons (Fsp3) is 0.143. The molecule has 0 amide bonds. The average Bonchev–Trinajstić information content (AvgIpc) is 2.23. The van der Waals surface area contributed by atoms with E-state index >= 15 is 0 Å². The standard InChI is InChI=1S/C5H5.C2H5.Mo/c1-2-4-5-3-1;1-2;/h1-5H;1H2,2H3;/q2*-1;+2. The predicted molar refractivity (Wildman–Crippen MR) is 33.1 cm³/mol. The first-order valence-electron chi connectivity index (χ1n) is 2.37. The minimum absolute atomic E-state index is 0. The van der Waals surface area contributed by atoms with Gasteiger partial charge < -0.3 is 6.92 Å². The summed E-state index contributed by atoms with van der Waals surface area (Å²) in [6.07, 6.45) is 0. The van der Waals surface area contributed by atoms with Crippen LogP contribution in [-0.4, -0.2) is 0 Å². The van der Waals surface area contributed by atoms with Crippen molar-refractivity contribution < 1.29 is 21.1 Å². The molecule has 0 atom stereocenters. The maximum atomic E-state index is 3.25. The molecule has 0 N–H and O–H groups in total. The van der Waals surface area contributed by atoms with Crippen molar-refractivity contribution in [2.24, 2.45) is 0 Å². The molecule has 0 aromatic heterocycles. The van der Waals surface area contributed by atoms with Gasteiger partial charge in [0.15, 0.2) is 0 Å². The molecule has 0 nitrogen and oxygen atoms in total. The van der Waals surface area contributed by atoms with Crippen LogP contribution in [0.3, 0.4) is 0 Å². The molecular weight excluding hydrogens is 180 g/mol. The maximum absolute atomic E-state index is 3.25. The normalized spacial score (nSPS) is 5.75. The smallest absolute Gasteiger partial charge is 0.346 e. The van der Waals surface area contributed by atoms with E-state index in [0.29, 0.717) is 0 Å². The van der Waals surface area contributed by atoms with E-state index in [-0.39, 0.29) is 21.1 Å². The molecule has 0 saturated heterocycles. The zero-order valence-electron chi connectivity index (χ0n) is 5.00. The Morgan fingerprint density at radius 1 is 1.12 bits per heavy atom. The third-order valence-corrected chi connectivity index (χ3v) is 0.556. The van der Waals surface area contributed by atoms with E-state index < -0.39 is 0 Å². The maximum Gasteiger partial charge on any atom is 2.00 e. The fourth-order valence-corrected chi connectivity index (χ4v) is 0.321. The van der Waals surface area contributed by atoms with E-state index in [4.69, 9.17) is 0 Å². The fourth-order valence-electron chi connectivity index (χ4n) is 0.321. The Morgan fingerprint density at radius 3 is 1.62 bits per heavy atom. The van der Waals surface area contributed by atoms with Gasteiger partial charge in [-0.3, -0.25) is 0 Å². The molecule has 0 fully saturated rings. The minimum atomic E-state index is 0. The van der Waals surface area contributed by atoms with Crippen molar-refractivity contribution in [2.45, 2.75) is 6.92 Å². The largest absolute Gasteiger partial charge is 2.00 e. The molecule has 8 heavy (non-hydrogen) atoms. The molecule has 0 spiro atoms. The van der Waals surface area contributed by atoms with Crippen LogP contribution < -0.4 is 0 Å². The molecule has 0 unspecified atom stereocenters. The summed E-state index contributed by atoms with van der Waals surface area (Å²) in [5.41, 5.74) is 0. The number of hydrogen-bond acceptors (Lipinski definition) is 0.